The molecule has 0 amide bonds. The van der Waals surface area contributed by atoms with Gasteiger partial charge in [0.05, 0.1) is 12.7 Å². The lowest BCUT2D eigenvalue weighted by Gasteiger charge is -2.05. The van der Waals surface area contributed by atoms with Gasteiger partial charge < -0.3 is 10.6 Å². The van der Waals surface area contributed by atoms with Crippen LogP contribution in [0.4, 0.5) is 0 Å². The number of hydrogen-bond acceptors (Lipinski definition) is 8. The van der Waals surface area contributed by atoms with Gasteiger partial charge in [-0.25, -0.2) is 0 Å². The van der Waals surface area contributed by atoms with Gasteiger partial charge in [-0.2, -0.15) is 0 Å². The highest BCUT2D eigenvalue weighted by molar-refractivity contribution is 9.26. The summed E-state index contributed by atoms with van der Waals surface area (Å²) in [5.41, 5.74) is 0. The second-order valence-electron chi connectivity index (χ2n) is 2.61. The average Bonchev–Trinajstić information content (AvgIpc) is 2.86. The zero-order chi connectivity index (χ0) is 9.64. The molecule has 0 aromatic carbocycles. The van der Waals surface area contributed by atoms with Crippen molar-refractivity contribution in [3.05, 3.63) is 0 Å². The van der Waals surface area contributed by atoms with Crippen LogP contribution in [-0.4, -0.2) is 36.5 Å². The van der Waals surface area contributed by atoms with Gasteiger partial charge in [0.15, 0.2) is 0 Å². The molecule has 0 fully saturated rings. The molecule has 0 aromatic heterocycles. The Balaban J connectivity index is 1.50. The Morgan fingerprint density at radius 3 is 1.79 bits per heavy atom. The largest absolute Gasteiger partial charge is 0.373 e. The smallest absolute Gasteiger partial charge is 0.125 e. The van der Waals surface area contributed by atoms with Crippen LogP contribution >= 0.6 is 41.2 Å². The molecule has 0 saturated heterocycles. The fraction of sp³-hybridized carbons (Fsp3) is 0.667. The molecule has 0 radical (unpaired) electrons. The van der Waals surface area contributed by atoms with Crippen molar-refractivity contribution in [1.82, 2.24) is 10.6 Å². The molecule has 0 aliphatic carbocycles. The van der Waals surface area contributed by atoms with E-state index in [-0.39, 0.29) is 0 Å². The first kappa shape index (κ1) is 10.8. The molecular weight excluding hydrogens is 256 g/mol. The van der Waals surface area contributed by atoms with Crippen LogP contribution < -0.4 is 10.6 Å². The Morgan fingerprint density at radius 1 is 0.929 bits per heavy atom. The summed E-state index contributed by atoms with van der Waals surface area (Å²) in [4.78, 5) is 8.49. The molecule has 2 rings (SSSR count). The quantitative estimate of drug-likeness (QED) is 0.582. The van der Waals surface area contributed by atoms with E-state index < -0.39 is 0 Å². The Kier molecular flexibility index (Phi) is 4.68. The fourth-order valence-electron chi connectivity index (χ4n) is 0.925. The normalized spacial score (nSPS) is 29.1. The molecule has 2 unspecified atom stereocenters. The van der Waals surface area contributed by atoms with Crippen molar-refractivity contribution in [3.63, 3.8) is 0 Å². The summed E-state index contributed by atoms with van der Waals surface area (Å²) in [6, 6.07) is 0. The predicted octanol–water partition coefficient (Wildman–Crippen LogP) is 1.58. The summed E-state index contributed by atoms with van der Waals surface area (Å²) < 4.78 is 0. The van der Waals surface area contributed by atoms with E-state index in [0.717, 1.165) is 13.1 Å². The van der Waals surface area contributed by atoms with Crippen LogP contribution in [0, 0.1) is 0 Å². The van der Waals surface area contributed by atoms with Crippen LogP contribution in [-0.2, 0) is 0 Å². The second kappa shape index (κ2) is 6.04. The van der Waals surface area contributed by atoms with Crippen molar-refractivity contribution in [2.75, 3.05) is 13.1 Å². The minimum Gasteiger partial charge on any atom is -0.373 e. The highest BCUT2D eigenvalue weighted by Gasteiger charge is 2.14. The first-order valence-corrected chi connectivity index (χ1v) is 9.05. The molecule has 0 spiro atoms. The Labute approximate surface area is 98.1 Å². The standard InChI is InChI=1S/C6H10N4S4/c1-5(9-3-7-1)11-13-14-12-6-2-8-4-10-6/h3-6H,1-2H2,(H,7,9)(H,8,10). The number of rotatable bonds is 5. The van der Waals surface area contributed by atoms with E-state index in [4.69, 9.17) is 0 Å². The summed E-state index contributed by atoms with van der Waals surface area (Å²) in [7, 11) is 7.14. The maximum absolute atomic E-state index is 4.25. The lowest BCUT2D eigenvalue weighted by Crippen LogP contribution is -2.11. The summed E-state index contributed by atoms with van der Waals surface area (Å²) in [6.07, 6.45) is 3.56. The Morgan fingerprint density at radius 2 is 1.43 bits per heavy atom. The molecule has 2 aliphatic heterocycles. The van der Waals surface area contributed by atoms with E-state index in [2.05, 4.69) is 20.6 Å². The number of aliphatic imine (C=N–C) groups is 2. The van der Waals surface area contributed by atoms with Crippen molar-refractivity contribution >= 4 is 53.9 Å². The van der Waals surface area contributed by atoms with E-state index in [0.29, 0.717) is 10.7 Å². The van der Waals surface area contributed by atoms with Crippen molar-refractivity contribution in [3.8, 4) is 0 Å². The molecule has 4 nitrogen and oxygen atoms in total. The van der Waals surface area contributed by atoms with Gasteiger partial charge in [0, 0.05) is 13.1 Å². The van der Waals surface area contributed by atoms with Gasteiger partial charge in [-0.1, -0.05) is 21.6 Å². The summed E-state index contributed by atoms with van der Waals surface area (Å²) in [5.74, 6) is 0. The monoisotopic (exact) mass is 266 g/mol. The third-order valence-corrected chi connectivity index (χ3v) is 8.20. The molecule has 2 heterocycles. The number of nitrogens with zero attached hydrogens (tertiary/aromatic N) is 2. The molecule has 2 aliphatic rings. The maximum atomic E-state index is 4.25. The van der Waals surface area contributed by atoms with Gasteiger partial charge in [-0.3, -0.25) is 9.98 Å². The lowest BCUT2D eigenvalue weighted by atomic mass is 10.7. The summed E-state index contributed by atoms with van der Waals surface area (Å²) >= 11 is 0. The van der Waals surface area contributed by atoms with Gasteiger partial charge in [-0.05, 0) is 19.7 Å². The van der Waals surface area contributed by atoms with E-state index in [9.17, 15) is 0 Å². The van der Waals surface area contributed by atoms with Crippen LogP contribution in [0.5, 0.6) is 0 Å². The van der Waals surface area contributed by atoms with E-state index >= 15 is 0 Å². The first-order valence-electron chi connectivity index (χ1n) is 4.11. The third-order valence-electron chi connectivity index (χ3n) is 1.58. The molecule has 0 bridgehead atoms. The molecule has 2 atom stereocenters. The highest BCUT2D eigenvalue weighted by atomic mass is 33.7. The molecule has 0 saturated carbocycles. The van der Waals surface area contributed by atoms with Crippen LogP contribution in [0.3, 0.4) is 0 Å². The van der Waals surface area contributed by atoms with Crippen molar-refractivity contribution < 1.29 is 0 Å². The minimum atomic E-state index is 0.373. The fourth-order valence-corrected chi connectivity index (χ4v) is 7.10. The maximum Gasteiger partial charge on any atom is 0.125 e. The van der Waals surface area contributed by atoms with Crippen molar-refractivity contribution in [2.45, 2.75) is 10.7 Å². The predicted molar refractivity (Wildman–Crippen MR) is 70.9 cm³/mol. The van der Waals surface area contributed by atoms with Gasteiger partial charge >= 0.3 is 0 Å². The van der Waals surface area contributed by atoms with Gasteiger partial charge in [-0.15, -0.1) is 0 Å². The Bertz CT molecular complexity index is 210. The first-order chi connectivity index (χ1) is 6.95. The van der Waals surface area contributed by atoms with Crippen molar-refractivity contribution in [1.29, 1.82) is 0 Å². The summed E-state index contributed by atoms with van der Waals surface area (Å²) in [6.45, 7) is 1.90. The average molecular weight is 266 g/mol. The minimum absolute atomic E-state index is 0.373. The van der Waals surface area contributed by atoms with Gasteiger partial charge in [0.1, 0.15) is 10.7 Å². The van der Waals surface area contributed by atoms with E-state index in [1.54, 1.807) is 53.9 Å². The molecular formula is C6H10N4S4. The van der Waals surface area contributed by atoms with Crippen LogP contribution in [0.2, 0.25) is 0 Å². The highest BCUT2D eigenvalue weighted by Crippen LogP contribution is 2.47. The second-order valence-corrected chi connectivity index (χ2v) is 8.78. The van der Waals surface area contributed by atoms with E-state index in [1.807, 2.05) is 0 Å². The van der Waals surface area contributed by atoms with Crippen LogP contribution in [0.15, 0.2) is 9.98 Å². The lowest BCUT2D eigenvalue weighted by molar-refractivity contribution is 0.917. The zero-order valence-corrected chi connectivity index (χ0v) is 10.5. The molecule has 2 N–H and O–H groups in total. The molecule has 0 aromatic rings. The Hall–Kier alpha value is 0.340. The van der Waals surface area contributed by atoms with Gasteiger partial charge in [0.25, 0.3) is 0 Å². The summed E-state index contributed by atoms with van der Waals surface area (Å²) in [5, 5.41) is 6.90. The molecule has 8 heteroatoms. The SMILES string of the molecule is C1=NC(SSSSC2CNC=N2)CN1. The topological polar surface area (TPSA) is 48.8 Å². The van der Waals surface area contributed by atoms with Gasteiger partial charge in [0.2, 0.25) is 0 Å². The van der Waals surface area contributed by atoms with E-state index in [1.165, 1.54) is 0 Å². The zero-order valence-electron chi connectivity index (χ0n) is 7.25. The molecule has 14 heavy (non-hydrogen) atoms. The van der Waals surface area contributed by atoms with Crippen molar-refractivity contribution in [2.24, 2.45) is 9.98 Å². The molecule has 78 valence electrons. The van der Waals surface area contributed by atoms with Crippen LogP contribution in [0.1, 0.15) is 0 Å². The number of nitrogens with one attached hydrogen (secondary N) is 2. The number of hydrogen-bond donors (Lipinski definition) is 2. The third kappa shape index (κ3) is 3.48. The van der Waals surface area contributed by atoms with Crippen LogP contribution in [0.25, 0.3) is 0 Å².